The quantitative estimate of drug-likeness (QED) is 0.0199. The molecule has 6 nitrogen and oxygen atoms in total. The third-order valence-corrected chi connectivity index (χ3v) is 11.2. The molecule has 0 amide bonds. The molecule has 0 aromatic rings. The zero-order chi connectivity index (χ0) is 46.5. The molecule has 0 aromatic carbocycles. The highest BCUT2D eigenvalue weighted by molar-refractivity contribution is 5.71. The summed E-state index contributed by atoms with van der Waals surface area (Å²) in [4.78, 5) is 38.0. The Balaban J connectivity index is 4.43. The van der Waals surface area contributed by atoms with Crippen LogP contribution in [0.15, 0.2) is 85.1 Å². The molecular weight excluding hydrogens is 793 g/mol. The van der Waals surface area contributed by atoms with Crippen LogP contribution in [0.25, 0.3) is 0 Å². The highest BCUT2D eigenvalue weighted by Crippen LogP contribution is 2.14. The largest absolute Gasteiger partial charge is 0.462 e. The van der Waals surface area contributed by atoms with Gasteiger partial charge in [-0.25, -0.2) is 0 Å². The molecule has 0 N–H and O–H groups in total. The number of allylic oxidation sites excluding steroid dienone is 14. The summed E-state index contributed by atoms with van der Waals surface area (Å²) in [6.07, 6.45) is 67.1. The fourth-order valence-electron chi connectivity index (χ4n) is 7.22. The van der Waals surface area contributed by atoms with E-state index < -0.39 is 6.10 Å². The Morgan fingerprint density at radius 2 is 0.688 bits per heavy atom. The minimum Gasteiger partial charge on any atom is -0.462 e. The lowest BCUT2D eigenvalue weighted by molar-refractivity contribution is -0.167. The monoisotopic (exact) mass is 891 g/mol. The maximum atomic E-state index is 12.8. The molecule has 0 aromatic heterocycles. The molecule has 0 aliphatic carbocycles. The predicted octanol–water partition coefficient (Wildman–Crippen LogP) is 17.6. The number of esters is 3. The van der Waals surface area contributed by atoms with Gasteiger partial charge in [-0.1, -0.05) is 215 Å². The normalized spacial score (nSPS) is 12.7. The van der Waals surface area contributed by atoms with E-state index in [1.54, 1.807) is 0 Å². The molecular formula is C58H98O6. The summed E-state index contributed by atoms with van der Waals surface area (Å²) in [7, 11) is 0. The van der Waals surface area contributed by atoms with E-state index in [1.165, 1.54) is 89.9 Å². The van der Waals surface area contributed by atoms with E-state index in [1.807, 2.05) is 0 Å². The number of carbonyl (C=O) groups is 3. The van der Waals surface area contributed by atoms with E-state index in [0.29, 0.717) is 19.3 Å². The summed E-state index contributed by atoms with van der Waals surface area (Å²) in [6.45, 7) is 6.36. The summed E-state index contributed by atoms with van der Waals surface area (Å²) in [5, 5.41) is 0. The number of hydrogen-bond acceptors (Lipinski definition) is 6. The summed E-state index contributed by atoms with van der Waals surface area (Å²) in [5.74, 6) is -0.929. The highest BCUT2D eigenvalue weighted by Gasteiger charge is 2.19. The van der Waals surface area contributed by atoms with Crippen molar-refractivity contribution in [2.24, 2.45) is 0 Å². The topological polar surface area (TPSA) is 78.9 Å². The molecule has 0 bridgehead atoms. The average molecular weight is 891 g/mol. The first kappa shape index (κ1) is 60.6. The minimum atomic E-state index is -0.794. The van der Waals surface area contributed by atoms with Gasteiger partial charge in [0, 0.05) is 19.3 Å². The Morgan fingerprint density at radius 1 is 0.344 bits per heavy atom. The number of unbranched alkanes of at least 4 members (excludes halogenated alkanes) is 24. The first-order chi connectivity index (χ1) is 31.5. The molecule has 0 saturated heterocycles. The number of rotatable bonds is 47. The van der Waals surface area contributed by atoms with Gasteiger partial charge in [-0.2, -0.15) is 0 Å². The van der Waals surface area contributed by atoms with Crippen molar-refractivity contribution in [2.45, 2.75) is 252 Å². The Labute approximate surface area is 395 Å². The number of ether oxygens (including phenoxy) is 3. The lowest BCUT2D eigenvalue weighted by Gasteiger charge is -2.18. The minimum absolute atomic E-state index is 0.0913. The second-order valence-electron chi connectivity index (χ2n) is 17.4. The molecule has 0 spiro atoms. The van der Waals surface area contributed by atoms with Crippen LogP contribution in [0.2, 0.25) is 0 Å². The molecule has 0 rings (SSSR count). The smallest absolute Gasteiger partial charge is 0.306 e. The van der Waals surface area contributed by atoms with Crippen LogP contribution in [0.1, 0.15) is 245 Å². The van der Waals surface area contributed by atoms with E-state index >= 15 is 0 Å². The van der Waals surface area contributed by atoms with Crippen molar-refractivity contribution < 1.29 is 28.6 Å². The fraction of sp³-hybridized carbons (Fsp3) is 0.707. The van der Waals surface area contributed by atoms with Crippen molar-refractivity contribution in [1.82, 2.24) is 0 Å². The first-order valence-corrected chi connectivity index (χ1v) is 26.6. The second-order valence-corrected chi connectivity index (χ2v) is 17.4. The number of carbonyl (C=O) groups excluding carboxylic acids is 3. The standard InChI is InChI=1S/C58H98O6/c1-4-7-10-13-16-19-22-25-27-29-31-33-36-39-42-45-48-51-57(60)63-54-55(53-62-56(59)50-47-44-41-38-35-32-24-21-18-15-12-9-6-3)64-58(61)52-49-46-43-40-37-34-30-28-26-23-20-17-14-11-8-5-2/h8-9,11-12,15,17-18,20-21,24-28,55H,4-7,10,13-14,16,19,22-23,29-54H2,1-3H3/b11-8+,12-9+,18-15+,20-17+,24-21+,27-25+,28-26+. The Bertz CT molecular complexity index is 1250. The van der Waals surface area contributed by atoms with E-state index in [2.05, 4.69) is 106 Å². The van der Waals surface area contributed by atoms with Crippen LogP contribution in [0.4, 0.5) is 0 Å². The Kier molecular flexibility index (Phi) is 49.4. The lowest BCUT2D eigenvalue weighted by Crippen LogP contribution is -2.30. The summed E-state index contributed by atoms with van der Waals surface area (Å²) in [5.41, 5.74) is 0. The third-order valence-electron chi connectivity index (χ3n) is 11.2. The van der Waals surface area contributed by atoms with Gasteiger partial charge in [-0.15, -0.1) is 0 Å². The van der Waals surface area contributed by atoms with Crippen molar-refractivity contribution in [2.75, 3.05) is 13.2 Å². The van der Waals surface area contributed by atoms with Crippen molar-refractivity contribution >= 4 is 17.9 Å². The summed E-state index contributed by atoms with van der Waals surface area (Å²) >= 11 is 0. The van der Waals surface area contributed by atoms with Crippen LogP contribution in [0, 0.1) is 0 Å². The average Bonchev–Trinajstić information content (AvgIpc) is 3.29. The molecule has 366 valence electrons. The van der Waals surface area contributed by atoms with Gasteiger partial charge < -0.3 is 14.2 Å². The third kappa shape index (κ3) is 49.6. The van der Waals surface area contributed by atoms with Crippen LogP contribution in [-0.4, -0.2) is 37.2 Å². The molecule has 0 fully saturated rings. The molecule has 0 saturated carbocycles. The molecule has 6 heteroatoms. The van der Waals surface area contributed by atoms with Crippen LogP contribution in [0.3, 0.4) is 0 Å². The zero-order valence-electron chi connectivity index (χ0n) is 41.8. The van der Waals surface area contributed by atoms with E-state index in [9.17, 15) is 14.4 Å². The molecule has 64 heavy (non-hydrogen) atoms. The van der Waals surface area contributed by atoms with Crippen molar-refractivity contribution in [3.63, 3.8) is 0 Å². The molecule has 0 aliphatic heterocycles. The van der Waals surface area contributed by atoms with Gasteiger partial charge in [0.1, 0.15) is 13.2 Å². The Hall–Kier alpha value is -3.41. The van der Waals surface area contributed by atoms with Gasteiger partial charge in [0.2, 0.25) is 0 Å². The summed E-state index contributed by atoms with van der Waals surface area (Å²) < 4.78 is 16.8. The maximum absolute atomic E-state index is 12.8. The van der Waals surface area contributed by atoms with Gasteiger partial charge in [0.25, 0.3) is 0 Å². The van der Waals surface area contributed by atoms with Crippen molar-refractivity contribution in [3.05, 3.63) is 85.1 Å². The molecule has 0 radical (unpaired) electrons. The zero-order valence-corrected chi connectivity index (χ0v) is 41.8. The van der Waals surface area contributed by atoms with Crippen LogP contribution < -0.4 is 0 Å². The molecule has 1 atom stereocenters. The van der Waals surface area contributed by atoms with Gasteiger partial charge in [-0.05, 0) is 96.3 Å². The van der Waals surface area contributed by atoms with E-state index in [-0.39, 0.29) is 31.1 Å². The van der Waals surface area contributed by atoms with E-state index in [0.717, 1.165) is 116 Å². The summed E-state index contributed by atoms with van der Waals surface area (Å²) in [6, 6.07) is 0. The SMILES string of the molecule is CC/C=C/C=C/C=C/CCCCCCCC(=O)OCC(COC(=O)CCCCCCCCC/C=C/CCCCCCCC)OC(=O)CCCCCCCC/C=C/C/C=C/C/C=C/CC. The number of hydrogen-bond donors (Lipinski definition) is 0. The molecule has 0 heterocycles. The van der Waals surface area contributed by atoms with Gasteiger partial charge >= 0.3 is 17.9 Å². The fourth-order valence-corrected chi connectivity index (χ4v) is 7.22. The second kappa shape index (κ2) is 52.2. The molecule has 1 unspecified atom stereocenters. The Morgan fingerprint density at radius 3 is 1.14 bits per heavy atom. The first-order valence-electron chi connectivity index (χ1n) is 26.6. The molecule has 0 aliphatic rings. The van der Waals surface area contributed by atoms with Gasteiger partial charge in [0.15, 0.2) is 6.10 Å². The predicted molar refractivity (Wildman–Crippen MR) is 274 cm³/mol. The van der Waals surface area contributed by atoms with Crippen molar-refractivity contribution in [1.29, 1.82) is 0 Å². The van der Waals surface area contributed by atoms with Crippen LogP contribution >= 0.6 is 0 Å². The maximum Gasteiger partial charge on any atom is 0.306 e. The lowest BCUT2D eigenvalue weighted by atomic mass is 10.1. The van der Waals surface area contributed by atoms with Crippen molar-refractivity contribution in [3.8, 4) is 0 Å². The van der Waals surface area contributed by atoms with Gasteiger partial charge in [-0.3, -0.25) is 14.4 Å². The van der Waals surface area contributed by atoms with Crippen LogP contribution in [0.5, 0.6) is 0 Å². The highest BCUT2D eigenvalue weighted by atomic mass is 16.6. The van der Waals surface area contributed by atoms with Gasteiger partial charge in [0.05, 0.1) is 0 Å². The van der Waals surface area contributed by atoms with Crippen LogP contribution in [-0.2, 0) is 28.6 Å². The van der Waals surface area contributed by atoms with E-state index in [4.69, 9.17) is 14.2 Å².